The van der Waals surface area contributed by atoms with E-state index in [1.807, 2.05) is 0 Å². The molecule has 0 aliphatic carbocycles. The summed E-state index contributed by atoms with van der Waals surface area (Å²) in [5, 5.41) is 0. The molecule has 0 aromatic rings. The largest absolute Gasteiger partial charge is 0.459 e. The summed E-state index contributed by atoms with van der Waals surface area (Å²) >= 11 is 0. The van der Waals surface area contributed by atoms with Crippen LogP contribution in [0.4, 0.5) is 8.78 Å². The third-order valence-corrected chi connectivity index (χ3v) is 1.39. The fourth-order valence-electron chi connectivity index (χ4n) is 0.518. The summed E-state index contributed by atoms with van der Waals surface area (Å²) in [6.07, 6.45) is -2.10. The molecule has 1 heterocycles. The van der Waals surface area contributed by atoms with Crippen LogP contribution in [0.3, 0.4) is 0 Å². The van der Waals surface area contributed by atoms with Crippen molar-refractivity contribution in [2.75, 3.05) is 13.2 Å². The molecule has 0 radical (unpaired) electrons. The predicted molar refractivity (Wildman–Crippen MR) is 35.6 cm³/mol. The Morgan fingerprint density at radius 3 is 2.67 bits per heavy atom. The Balaban J connectivity index is 2.31. The molecule has 0 amide bonds. The van der Waals surface area contributed by atoms with Gasteiger partial charge >= 0.3 is 5.97 Å². The lowest BCUT2D eigenvalue weighted by atomic mass is 10.3. The highest BCUT2D eigenvalue weighted by molar-refractivity contribution is 5.87. The zero-order valence-electron chi connectivity index (χ0n) is 6.47. The lowest BCUT2D eigenvalue weighted by Gasteiger charge is -2.00. The fraction of sp³-hybridized carbons (Fsp3) is 0.571. The summed E-state index contributed by atoms with van der Waals surface area (Å²) in [4.78, 5) is 10.7. The molecule has 5 heteroatoms. The van der Waals surface area contributed by atoms with E-state index < -0.39 is 17.6 Å². The summed E-state index contributed by atoms with van der Waals surface area (Å²) in [5.41, 5.74) is -0.643. The topological polar surface area (TPSA) is 38.8 Å². The number of carbonyl (C=O) groups is 1. The van der Waals surface area contributed by atoms with Crippen molar-refractivity contribution in [1.29, 1.82) is 0 Å². The number of halogens is 2. The van der Waals surface area contributed by atoms with Gasteiger partial charge in [0, 0.05) is 0 Å². The molecule has 1 aliphatic heterocycles. The number of rotatable bonds is 3. The maximum Gasteiger partial charge on any atom is 0.339 e. The van der Waals surface area contributed by atoms with E-state index in [9.17, 15) is 13.6 Å². The molecule has 1 saturated heterocycles. The number of carbonyl (C=O) groups excluding carboxylic acids is 1. The van der Waals surface area contributed by atoms with E-state index in [1.165, 1.54) is 0 Å². The third-order valence-electron chi connectivity index (χ3n) is 1.39. The zero-order chi connectivity index (χ0) is 9.14. The van der Waals surface area contributed by atoms with E-state index >= 15 is 0 Å². The molecule has 68 valence electrons. The summed E-state index contributed by atoms with van der Waals surface area (Å²) < 4.78 is 32.7. The third kappa shape index (κ3) is 2.58. The van der Waals surface area contributed by atoms with Crippen LogP contribution in [-0.4, -0.2) is 25.3 Å². The molecule has 0 aromatic heterocycles. The number of ether oxygens (including phenoxy) is 2. The highest BCUT2D eigenvalue weighted by atomic mass is 19.3. The average Bonchev–Trinajstić information content (AvgIpc) is 2.81. The van der Waals surface area contributed by atoms with Crippen molar-refractivity contribution in [3.05, 3.63) is 11.7 Å². The van der Waals surface area contributed by atoms with Crippen molar-refractivity contribution >= 4 is 5.97 Å². The highest BCUT2D eigenvalue weighted by Crippen LogP contribution is 2.12. The first-order valence-corrected chi connectivity index (χ1v) is 3.42. The lowest BCUT2D eigenvalue weighted by molar-refractivity contribution is -0.139. The average molecular weight is 178 g/mol. The van der Waals surface area contributed by atoms with Crippen LogP contribution in [0.5, 0.6) is 0 Å². The summed E-state index contributed by atoms with van der Waals surface area (Å²) in [6.45, 7) is 1.61. The Morgan fingerprint density at radius 1 is 1.67 bits per heavy atom. The first kappa shape index (κ1) is 9.12. The van der Waals surface area contributed by atoms with Crippen LogP contribution in [0.2, 0.25) is 0 Å². The van der Waals surface area contributed by atoms with Crippen molar-refractivity contribution in [3.8, 4) is 0 Å². The summed E-state index contributed by atoms with van der Waals surface area (Å²) in [5.74, 6) is -0.981. The SMILES string of the molecule is CC(C(=O)OCC1CO1)=C(F)F. The van der Waals surface area contributed by atoms with E-state index in [0.717, 1.165) is 6.92 Å². The molecule has 0 spiro atoms. The van der Waals surface area contributed by atoms with Gasteiger partial charge in [-0.3, -0.25) is 0 Å². The summed E-state index contributed by atoms with van der Waals surface area (Å²) in [6, 6.07) is 0. The van der Waals surface area contributed by atoms with Crippen molar-refractivity contribution in [2.24, 2.45) is 0 Å². The van der Waals surface area contributed by atoms with Crippen LogP contribution in [-0.2, 0) is 14.3 Å². The molecule has 3 nitrogen and oxygen atoms in total. The molecule has 0 saturated carbocycles. The molecule has 1 aliphatic rings. The first-order valence-electron chi connectivity index (χ1n) is 3.42. The molecule has 0 N–H and O–H groups in total. The fourth-order valence-corrected chi connectivity index (χ4v) is 0.518. The maximum absolute atomic E-state index is 11.8. The molecule has 1 rings (SSSR count). The maximum atomic E-state index is 11.8. The minimum Gasteiger partial charge on any atom is -0.459 e. The smallest absolute Gasteiger partial charge is 0.339 e. The van der Waals surface area contributed by atoms with Crippen LogP contribution in [0.25, 0.3) is 0 Å². The van der Waals surface area contributed by atoms with Gasteiger partial charge in [-0.05, 0) is 6.92 Å². The van der Waals surface area contributed by atoms with Gasteiger partial charge in [0.2, 0.25) is 0 Å². The van der Waals surface area contributed by atoms with Gasteiger partial charge in [-0.15, -0.1) is 0 Å². The van der Waals surface area contributed by atoms with Crippen LogP contribution >= 0.6 is 0 Å². The van der Waals surface area contributed by atoms with Gasteiger partial charge < -0.3 is 9.47 Å². The first-order chi connectivity index (χ1) is 5.61. The van der Waals surface area contributed by atoms with E-state index in [4.69, 9.17) is 4.74 Å². The van der Waals surface area contributed by atoms with Gasteiger partial charge in [0.1, 0.15) is 12.7 Å². The van der Waals surface area contributed by atoms with Gasteiger partial charge in [-0.1, -0.05) is 0 Å². The molecule has 1 atom stereocenters. The highest BCUT2D eigenvalue weighted by Gasteiger charge is 2.25. The Kier molecular flexibility index (Phi) is 2.75. The standard InChI is InChI=1S/C7H8F2O3/c1-4(6(8)9)7(10)12-3-5-2-11-5/h5H,2-3H2,1H3. The van der Waals surface area contributed by atoms with Crippen molar-refractivity contribution in [3.63, 3.8) is 0 Å². The van der Waals surface area contributed by atoms with Gasteiger partial charge in [0.25, 0.3) is 6.08 Å². The van der Waals surface area contributed by atoms with Crippen molar-refractivity contribution in [1.82, 2.24) is 0 Å². The van der Waals surface area contributed by atoms with E-state index in [1.54, 1.807) is 0 Å². The number of hydrogen-bond donors (Lipinski definition) is 0. The molecule has 1 unspecified atom stereocenters. The van der Waals surface area contributed by atoms with Crippen molar-refractivity contribution in [2.45, 2.75) is 13.0 Å². The number of epoxide rings is 1. The van der Waals surface area contributed by atoms with E-state index in [2.05, 4.69) is 4.74 Å². The molecular weight excluding hydrogens is 170 g/mol. The molecular formula is C7H8F2O3. The van der Waals surface area contributed by atoms with Crippen LogP contribution in [0, 0.1) is 0 Å². The van der Waals surface area contributed by atoms with Crippen LogP contribution in [0.15, 0.2) is 11.7 Å². The molecule has 1 fully saturated rings. The number of esters is 1. The molecule has 0 bridgehead atoms. The second-order valence-corrected chi connectivity index (χ2v) is 2.44. The minimum absolute atomic E-state index is 0.0590. The summed E-state index contributed by atoms with van der Waals surface area (Å²) in [7, 11) is 0. The molecule has 12 heavy (non-hydrogen) atoms. The normalized spacial score (nSPS) is 20.1. The van der Waals surface area contributed by atoms with Gasteiger partial charge in [-0.2, -0.15) is 8.78 Å². The Morgan fingerprint density at radius 2 is 2.25 bits per heavy atom. The lowest BCUT2D eigenvalue weighted by Crippen LogP contribution is -2.10. The second-order valence-electron chi connectivity index (χ2n) is 2.44. The van der Waals surface area contributed by atoms with Gasteiger partial charge in [0.05, 0.1) is 12.2 Å². The second kappa shape index (κ2) is 3.62. The van der Waals surface area contributed by atoms with Crippen LogP contribution < -0.4 is 0 Å². The quantitative estimate of drug-likeness (QED) is 0.369. The van der Waals surface area contributed by atoms with Gasteiger partial charge in [0.15, 0.2) is 0 Å². The van der Waals surface area contributed by atoms with Crippen LogP contribution in [0.1, 0.15) is 6.92 Å². The van der Waals surface area contributed by atoms with Crippen molar-refractivity contribution < 1.29 is 23.0 Å². The van der Waals surface area contributed by atoms with E-state index in [0.29, 0.717) is 6.61 Å². The monoisotopic (exact) mass is 178 g/mol. The van der Waals surface area contributed by atoms with Gasteiger partial charge in [-0.25, -0.2) is 4.79 Å². The predicted octanol–water partition coefficient (Wildman–Crippen LogP) is 1.10. The Hall–Kier alpha value is -0.970. The zero-order valence-corrected chi connectivity index (χ0v) is 6.47. The Bertz CT molecular complexity index is 217. The molecule has 0 aromatic carbocycles. The Labute approximate surface area is 68.0 Å². The minimum atomic E-state index is -2.00. The number of hydrogen-bond acceptors (Lipinski definition) is 3. The van der Waals surface area contributed by atoms with E-state index in [-0.39, 0.29) is 12.7 Å².